The molecular formula is C21H22N6O2. The molecule has 4 heterocycles. The van der Waals surface area contributed by atoms with E-state index in [-0.39, 0.29) is 0 Å². The summed E-state index contributed by atoms with van der Waals surface area (Å²) in [7, 11) is 1.66. The van der Waals surface area contributed by atoms with Gasteiger partial charge in [0.1, 0.15) is 5.75 Å². The third-order valence-corrected chi connectivity index (χ3v) is 5.12. The number of rotatable bonds is 6. The van der Waals surface area contributed by atoms with Gasteiger partial charge < -0.3 is 14.8 Å². The van der Waals surface area contributed by atoms with Crippen LogP contribution in [-0.4, -0.2) is 44.7 Å². The van der Waals surface area contributed by atoms with Gasteiger partial charge in [0.25, 0.3) is 0 Å². The number of pyridine rings is 1. The summed E-state index contributed by atoms with van der Waals surface area (Å²) < 4.78 is 14.4. The first kappa shape index (κ1) is 17.7. The topological polar surface area (TPSA) is 78.5 Å². The quantitative estimate of drug-likeness (QED) is 0.544. The lowest BCUT2D eigenvalue weighted by Crippen LogP contribution is -2.10. The standard InChI is InChI=1S/C21H22N6O2/c1-28-18-6-4-16(5-7-18)19-3-2-9-27-20(19)24-21(25-27)23-17-11-22-26(13-17)12-15-8-10-29-14-15/h2-7,9,11,13,15H,8,10,12,14H2,1H3,(H,23,25). The Morgan fingerprint density at radius 2 is 2.14 bits per heavy atom. The predicted octanol–water partition coefficient (Wildman–Crippen LogP) is 3.38. The van der Waals surface area contributed by atoms with Crippen molar-refractivity contribution < 1.29 is 9.47 Å². The highest BCUT2D eigenvalue weighted by Gasteiger charge is 2.17. The molecule has 8 nitrogen and oxygen atoms in total. The Bertz CT molecular complexity index is 1110. The van der Waals surface area contributed by atoms with Crippen LogP contribution in [0.3, 0.4) is 0 Å². The molecule has 3 aromatic heterocycles. The number of hydrogen-bond donors (Lipinski definition) is 1. The summed E-state index contributed by atoms with van der Waals surface area (Å²) in [6.45, 7) is 2.52. The molecule has 4 aromatic rings. The lowest BCUT2D eigenvalue weighted by atomic mass is 10.1. The lowest BCUT2D eigenvalue weighted by molar-refractivity contribution is 0.181. The fourth-order valence-electron chi connectivity index (χ4n) is 3.60. The molecule has 1 aromatic carbocycles. The first-order chi connectivity index (χ1) is 14.3. The first-order valence-electron chi connectivity index (χ1n) is 9.65. The number of anilines is 2. The number of nitrogens with one attached hydrogen (secondary N) is 1. The van der Waals surface area contributed by atoms with Crippen molar-refractivity contribution >= 4 is 17.3 Å². The monoisotopic (exact) mass is 390 g/mol. The molecule has 1 aliphatic rings. The number of ether oxygens (including phenoxy) is 2. The number of hydrogen-bond acceptors (Lipinski definition) is 6. The molecule has 148 valence electrons. The molecule has 1 unspecified atom stereocenters. The maximum absolute atomic E-state index is 5.44. The van der Waals surface area contributed by atoms with E-state index < -0.39 is 0 Å². The fourth-order valence-corrected chi connectivity index (χ4v) is 3.60. The Hall–Kier alpha value is -3.39. The van der Waals surface area contributed by atoms with Gasteiger partial charge in [0.05, 0.1) is 25.6 Å². The van der Waals surface area contributed by atoms with Gasteiger partial charge in [-0.15, -0.1) is 5.10 Å². The molecule has 1 atom stereocenters. The lowest BCUT2D eigenvalue weighted by Gasteiger charge is -2.06. The van der Waals surface area contributed by atoms with E-state index in [9.17, 15) is 0 Å². The van der Waals surface area contributed by atoms with Crippen LogP contribution in [0.2, 0.25) is 0 Å². The van der Waals surface area contributed by atoms with Gasteiger partial charge in [-0.3, -0.25) is 4.68 Å². The number of fused-ring (bicyclic) bond motifs is 1. The smallest absolute Gasteiger partial charge is 0.247 e. The first-order valence-corrected chi connectivity index (χ1v) is 9.65. The van der Waals surface area contributed by atoms with Crippen LogP contribution >= 0.6 is 0 Å². The zero-order chi connectivity index (χ0) is 19.6. The predicted molar refractivity (Wildman–Crippen MR) is 109 cm³/mol. The van der Waals surface area contributed by atoms with Crippen LogP contribution < -0.4 is 10.1 Å². The maximum Gasteiger partial charge on any atom is 0.247 e. The van der Waals surface area contributed by atoms with Crippen LogP contribution in [0.5, 0.6) is 5.75 Å². The molecule has 29 heavy (non-hydrogen) atoms. The van der Waals surface area contributed by atoms with Crippen LogP contribution in [0.25, 0.3) is 16.8 Å². The average molecular weight is 390 g/mol. The Morgan fingerprint density at radius 1 is 1.24 bits per heavy atom. The highest BCUT2D eigenvalue weighted by atomic mass is 16.5. The molecule has 0 aliphatic carbocycles. The van der Waals surface area contributed by atoms with E-state index in [4.69, 9.17) is 14.5 Å². The summed E-state index contributed by atoms with van der Waals surface area (Å²) in [6, 6.07) is 11.9. The largest absolute Gasteiger partial charge is 0.497 e. The normalized spacial score (nSPS) is 16.4. The van der Waals surface area contributed by atoms with E-state index in [2.05, 4.69) is 15.5 Å². The van der Waals surface area contributed by atoms with Crippen molar-refractivity contribution in [2.75, 3.05) is 25.6 Å². The minimum absolute atomic E-state index is 0.531. The minimum Gasteiger partial charge on any atom is -0.497 e. The highest BCUT2D eigenvalue weighted by Crippen LogP contribution is 2.26. The molecule has 1 aliphatic heterocycles. The van der Waals surface area contributed by atoms with Gasteiger partial charge in [-0.2, -0.15) is 10.1 Å². The number of methoxy groups -OCH3 is 1. The van der Waals surface area contributed by atoms with Gasteiger partial charge in [-0.1, -0.05) is 12.1 Å². The maximum atomic E-state index is 5.44. The van der Waals surface area contributed by atoms with Crippen molar-refractivity contribution in [2.45, 2.75) is 13.0 Å². The fraction of sp³-hybridized carbons (Fsp3) is 0.286. The van der Waals surface area contributed by atoms with Crippen LogP contribution in [0.4, 0.5) is 11.6 Å². The third-order valence-electron chi connectivity index (χ3n) is 5.12. The molecule has 5 rings (SSSR count). The van der Waals surface area contributed by atoms with Gasteiger partial charge in [-0.25, -0.2) is 4.52 Å². The van der Waals surface area contributed by atoms with Crippen LogP contribution in [-0.2, 0) is 11.3 Å². The third kappa shape index (κ3) is 3.66. The second-order valence-electron chi connectivity index (χ2n) is 7.16. The van der Waals surface area contributed by atoms with Crippen molar-refractivity contribution in [1.82, 2.24) is 24.4 Å². The summed E-state index contributed by atoms with van der Waals surface area (Å²) in [4.78, 5) is 4.69. The van der Waals surface area contributed by atoms with E-state index in [0.29, 0.717) is 11.9 Å². The Balaban J connectivity index is 1.38. The second kappa shape index (κ2) is 7.56. The molecule has 1 fully saturated rings. The van der Waals surface area contributed by atoms with E-state index in [1.807, 2.05) is 53.5 Å². The van der Waals surface area contributed by atoms with Crippen LogP contribution in [0.1, 0.15) is 6.42 Å². The van der Waals surface area contributed by atoms with E-state index in [1.54, 1.807) is 17.8 Å². The summed E-state index contributed by atoms with van der Waals surface area (Å²) in [6.07, 6.45) is 6.76. The molecular weight excluding hydrogens is 368 g/mol. The molecule has 1 saturated heterocycles. The number of benzene rings is 1. The summed E-state index contributed by atoms with van der Waals surface area (Å²) in [5.41, 5.74) is 3.72. The molecule has 8 heteroatoms. The summed E-state index contributed by atoms with van der Waals surface area (Å²) in [5.74, 6) is 1.89. The van der Waals surface area contributed by atoms with Gasteiger partial charge in [0, 0.05) is 37.0 Å². The molecule has 1 N–H and O–H groups in total. The van der Waals surface area contributed by atoms with E-state index in [0.717, 1.165) is 54.4 Å². The SMILES string of the molecule is COc1ccc(-c2cccn3nc(Nc4cnn(CC5CCOC5)c4)nc23)cc1. The Morgan fingerprint density at radius 3 is 2.93 bits per heavy atom. The number of nitrogens with zero attached hydrogens (tertiary/aromatic N) is 5. The van der Waals surface area contributed by atoms with Crippen molar-refractivity contribution in [3.05, 3.63) is 55.0 Å². The van der Waals surface area contributed by atoms with Gasteiger partial charge in [0.2, 0.25) is 5.95 Å². The Labute approximate surface area is 168 Å². The van der Waals surface area contributed by atoms with Crippen LogP contribution in [0, 0.1) is 5.92 Å². The number of aromatic nitrogens is 5. The van der Waals surface area contributed by atoms with Crippen LogP contribution in [0.15, 0.2) is 55.0 Å². The molecule has 0 radical (unpaired) electrons. The molecule has 0 spiro atoms. The summed E-state index contributed by atoms with van der Waals surface area (Å²) >= 11 is 0. The van der Waals surface area contributed by atoms with Gasteiger partial charge in [0.15, 0.2) is 5.65 Å². The zero-order valence-electron chi connectivity index (χ0n) is 16.2. The van der Waals surface area contributed by atoms with E-state index >= 15 is 0 Å². The van der Waals surface area contributed by atoms with Crippen molar-refractivity contribution in [3.8, 4) is 16.9 Å². The average Bonchev–Trinajstić information content (AvgIpc) is 3.49. The van der Waals surface area contributed by atoms with Crippen molar-refractivity contribution in [1.29, 1.82) is 0 Å². The second-order valence-corrected chi connectivity index (χ2v) is 7.16. The van der Waals surface area contributed by atoms with E-state index in [1.165, 1.54) is 0 Å². The molecule has 0 amide bonds. The Kier molecular flexibility index (Phi) is 4.61. The highest BCUT2D eigenvalue weighted by molar-refractivity contribution is 5.78. The zero-order valence-corrected chi connectivity index (χ0v) is 16.2. The van der Waals surface area contributed by atoms with Crippen molar-refractivity contribution in [3.63, 3.8) is 0 Å². The molecule has 0 bridgehead atoms. The molecule has 0 saturated carbocycles. The van der Waals surface area contributed by atoms with Crippen molar-refractivity contribution in [2.24, 2.45) is 5.92 Å². The van der Waals surface area contributed by atoms with Gasteiger partial charge >= 0.3 is 0 Å². The van der Waals surface area contributed by atoms with Gasteiger partial charge in [-0.05, 0) is 36.2 Å². The summed E-state index contributed by atoms with van der Waals surface area (Å²) in [5, 5.41) is 12.2. The minimum atomic E-state index is 0.531.